The predicted molar refractivity (Wildman–Crippen MR) is 77.5 cm³/mol. The highest BCUT2D eigenvalue weighted by Gasteiger charge is 2.13. The van der Waals surface area contributed by atoms with Crippen LogP contribution in [-0.4, -0.2) is 24.2 Å². The van der Waals surface area contributed by atoms with E-state index in [9.17, 15) is 4.79 Å². The first kappa shape index (κ1) is 14.1. The summed E-state index contributed by atoms with van der Waals surface area (Å²) >= 11 is 0. The minimum Gasteiger partial charge on any atom is -0.497 e. The lowest BCUT2D eigenvalue weighted by molar-refractivity contribution is 0.404. The first-order valence-electron chi connectivity index (χ1n) is 6.42. The summed E-state index contributed by atoms with van der Waals surface area (Å²) in [6, 6.07) is 5.38. The summed E-state index contributed by atoms with van der Waals surface area (Å²) in [5, 5.41) is 0. The third-order valence-corrected chi connectivity index (χ3v) is 3.24. The zero-order chi connectivity index (χ0) is 14.7. The van der Waals surface area contributed by atoms with Crippen LogP contribution in [0.4, 0.5) is 0 Å². The predicted octanol–water partition coefficient (Wildman–Crippen LogP) is 2.32. The Morgan fingerprint density at radius 3 is 2.55 bits per heavy atom. The van der Waals surface area contributed by atoms with Gasteiger partial charge < -0.3 is 14.5 Å². The van der Waals surface area contributed by atoms with Gasteiger partial charge in [-0.3, -0.25) is 4.79 Å². The summed E-state index contributed by atoms with van der Waals surface area (Å²) in [6.07, 6.45) is 0.656. The van der Waals surface area contributed by atoms with Crippen LogP contribution >= 0.6 is 0 Å². The van der Waals surface area contributed by atoms with Gasteiger partial charge in [-0.2, -0.15) is 0 Å². The lowest BCUT2D eigenvalue weighted by Crippen LogP contribution is -2.16. The van der Waals surface area contributed by atoms with Crippen molar-refractivity contribution < 1.29 is 9.47 Å². The first-order chi connectivity index (χ1) is 9.60. The maximum absolute atomic E-state index is 12.1. The Kier molecular flexibility index (Phi) is 4.08. The van der Waals surface area contributed by atoms with Gasteiger partial charge in [-0.15, -0.1) is 0 Å². The maximum atomic E-state index is 12.1. The van der Waals surface area contributed by atoms with Crippen LogP contribution in [0, 0.1) is 6.92 Å². The van der Waals surface area contributed by atoms with Crippen molar-refractivity contribution in [1.29, 1.82) is 0 Å². The Labute approximate surface area is 117 Å². The lowest BCUT2D eigenvalue weighted by Gasteiger charge is -2.11. The van der Waals surface area contributed by atoms with Gasteiger partial charge in [0.25, 0.3) is 5.56 Å². The smallest absolute Gasteiger partial charge is 0.254 e. The molecule has 0 amide bonds. The van der Waals surface area contributed by atoms with Crippen LogP contribution in [0.3, 0.4) is 0 Å². The zero-order valence-electron chi connectivity index (χ0n) is 12.1. The SMILES string of the molecule is CCc1c(C)nc(-c2cc(OC)ccc2OC)[nH]c1=O. The van der Waals surface area contributed by atoms with Gasteiger partial charge in [0.1, 0.15) is 17.3 Å². The number of nitrogens with one attached hydrogen (secondary N) is 1. The van der Waals surface area contributed by atoms with E-state index in [1.165, 1.54) is 0 Å². The number of hydrogen-bond donors (Lipinski definition) is 1. The number of rotatable bonds is 4. The molecule has 2 rings (SSSR count). The molecule has 20 heavy (non-hydrogen) atoms. The van der Waals surface area contributed by atoms with E-state index in [1.807, 2.05) is 13.8 Å². The minimum atomic E-state index is -0.111. The minimum absolute atomic E-state index is 0.111. The number of aromatic nitrogens is 2. The number of H-pyrrole nitrogens is 1. The fourth-order valence-corrected chi connectivity index (χ4v) is 2.15. The lowest BCUT2D eigenvalue weighted by atomic mass is 10.1. The number of aryl methyl sites for hydroxylation is 1. The molecule has 0 saturated carbocycles. The highest BCUT2D eigenvalue weighted by Crippen LogP contribution is 2.31. The number of benzene rings is 1. The van der Waals surface area contributed by atoms with Crippen molar-refractivity contribution in [3.05, 3.63) is 39.8 Å². The van der Waals surface area contributed by atoms with Crippen LogP contribution in [-0.2, 0) is 6.42 Å². The molecule has 1 N–H and O–H groups in total. The summed E-state index contributed by atoms with van der Waals surface area (Å²) in [7, 11) is 3.17. The highest BCUT2D eigenvalue weighted by atomic mass is 16.5. The highest BCUT2D eigenvalue weighted by molar-refractivity contribution is 5.66. The third kappa shape index (κ3) is 2.52. The average molecular weight is 274 g/mol. The molecule has 5 nitrogen and oxygen atoms in total. The third-order valence-electron chi connectivity index (χ3n) is 3.24. The number of methoxy groups -OCH3 is 2. The molecule has 0 unspecified atom stereocenters. The van der Waals surface area contributed by atoms with Crippen LogP contribution in [0.15, 0.2) is 23.0 Å². The second-order valence-electron chi connectivity index (χ2n) is 4.40. The summed E-state index contributed by atoms with van der Waals surface area (Å²) in [4.78, 5) is 19.3. The molecule has 0 aliphatic carbocycles. The standard InChI is InChI=1S/C15H18N2O3/c1-5-11-9(2)16-14(17-15(11)18)12-8-10(19-3)6-7-13(12)20-4/h6-8H,5H2,1-4H3,(H,16,17,18). The van der Waals surface area contributed by atoms with Gasteiger partial charge in [-0.1, -0.05) is 6.92 Å². The van der Waals surface area contributed by atoms with Gasteiger partial charge in [0.15, 0.2) is 0 Å². The van der Waals surface area contributed by atoms with Crippen molar-refractivity contribution in [2.45, 2.75) is 20.3 Å². The zero-order valence-corrected chi connectivity index (χ0v) is 12.1. The Morgan fingerprint density at radius 1 is 1.25 bits per heavy atom. The van der Waals surface area contributed by atoms with Crippen molar-refractivity contribution in [3.8, 4) is 22.9 Å². The molecule has 0 spiro atoms. The van der Waals surface area contributed by atoms with Crippen molar-refractivity contribution >= 4 is 0 Å². The van der Waals surface area contributed by atoms with Crippen LogP contribution < -0.4 is 15.0 Å². The topological polar surface area (TPSA) is 64.2 Å². The quantitative estimate of drug-likeness (QED) is 0.929. The Morgan fingerprint density at radius 2 is 2.00 bits per heavy atom. The summed E-state index contributed by atoms with van der Waals surface area (Å²) < 4.78 is 10.5. The molecular formula is C15H18N2O3. The average Bonchev–Trinajstić information content (AvgIpc) is 2.46. The van der Waals surface area contributed by atoms with Crippen LogP contribution in [0.2, 0.25) is 0 Å². The molecule has 1 heterocycles. The number of hydrogen-bond acceptors (Lipinski definition) is 4. The van der Waals surface area contributed by atoms with Crippen molar-refractivity contribution in [2.75, 3.05) is 14.2 Å². The second kappa shape index (κ2) is 5.77. The molecule has 106 valence electrons. The fraction of sp³-hybridized carbons (Fsp3) is 0.333. The molecule has 1 aromatic heterocycles. The van der Waals surface area contributed by atoms with Gasteiger partial charge in [0.2, 0.25) is 0 Å². The van der Waals surface area contributed by atoms with E-state index in [4.69, 9.17) is 9.47 Å². The molecule has 0 bridgehead atoms. The molecule has 0 fully saturated rings. The molecule has 0 saturated heterocycles. The molecule has 2 aromatic rings. The number of nitrogens with zero attached hydrogens (tertiary/aromatic N) is 1. The summed E-state index contributed by atoms with van der Waals surface area (Å²) in [5.41, 5.74) is 2.03. The first-order valence-corrected chi connectivity index (χ1v) is 6.42. The van der Waals surface area contributed by atoms with Crippen molar-refractivity contribution in [3.63, 3.8) is 0 Å². The van der Waals surface area contributed by atoms with Crippen molar-refractivity contribution in [2.24, 2.45) is 0 Å². The Bertz CT molecular complexity index is 677. The largest absolute Gasteiger partial charge is 0.497 e. The Balaban J connectivity index is 2.64. The van der Waals surface area contributed by atoms with Gasteiger partial charge in [-0.05, 0) is 31.5 Å². The molecule has 0 aliphatic rings. The maximum Gasteiger partial charge on any atom is 0.254 e. The fourth-order valence-electron chi connectivity index (χ4n) is 2.15. The molecule has 0 radical (unpaired) electrons. The van der Waals surface area contributed by atoms with E-state index >= 15 is 0 Å². The Hall–Kier alpha value is -2.30. The molecule has 0 atom stereocenters. The van der Waals surface area contributed by atoms with Crippen molar-refractivity contribution in [1.82, 2.24) is 9.97 Å². The van der Waals surface area contributed by atoms with Crippen LogP contribution in [0.25, 0.3) is 11.4 Å². The van der Waals surface area contributed by atoms with E-state index in [1.54, 1.807) is 32.4 Å². The molecular weight excluding hydrogens is 256 g/mol. The molecule has 1 aromatic carbocycles. The number of ether oxygens (including phenoxy) is 2. The number of aromatic amines is 1. The van der Waals surface area contributed by atoms with E-state index in [-0.39, 0.29) is 5.56 Å². The summed E-state index contributed by atoms with van der Waals surface area (Å²) in [6.45, 7) is 3.77. The van der Waals surface area contributed by atoms with Crippen LogP contribution in [0.1, 0.15) is 18.2 Å². The van der Waals surface area contributed by atoms with E-state index in [0.29, 0.717) is 34.9 Å². The molecule has 5 heteroatoms. The van der Waals surface area contributed by atoms with E-state index < -0.39 is 0 Å². The molecule has 0 aliphatic heterocycles. The van der Waals surface area contributed by atoms with E-state index in [0.717, 1.165) is 5.69 Å². The second-order valence-corrected chi connectivity index (χ2v) is 4.40. The van der Waals surface area contributed by atoms with Crippen LogP contribution in [0.5, 0.6) is 11.5 Å². The van der Waals surface area contributed by atoms with Gasteiger partial charge in [-0.25, -0.2) is 4.98 Å². The van der Waals surface area contributed by atoms with Gasteiger partial charge >= 0.3 is 0 Å². The van der Waals surface area contributed by atoms with Gasteiger partial charge in [0.05, 0.1) is 19.8 Å². The summed E-state index contributed by atoms with van der Waals surface area (Å²) in [5.74, 6) is 1.80. The van der Waals surface area contributed by atoms with Gasteiger partial charge in [0, 0.05) is 11.3 Å². The normalized spacial score (nSPS) is 10.4. The van der Waals surface area contributed by atoms with E-state index in [2.05, 4.69) is 9.97 Å². The monoisotopic (exact) mass is 274 g/mol.